The molecule has 0 aromatic heterocycles. The predicted molar refractivity (Wildman–Crippen MR) is 71.8 cm³/mol. The molecular formula is C13H20N2O3. The molecule has 0 radical (unpaired) electrons. The maximum Gasteiger partial charge on any atom is 0.340 e. The molecule has 0 spiro atoms. The number of likely N-dealkylation sites (N-methyl/N-ethyl adjacent to an activating group) is 1. The van der Waals surface area contributed by atoms with E-state index >= 15 is 0 Å². The molecule has 0 amide bonds. The van der Waals surface area contributed by atoms with Crippen molar-refractivity contribution in [2.75, 3.05) is 31.3 Å². The van der Waals surface area contributed by atoms with Crippen LogP contribution in [0.3, 0.4) is 0 Å². The van der Waals surface area contributed by atoms with Gasteiger partial charge in [0.2, 0.25) is 0 Å². The summed E-state index contributed by atoms with van der Waals surface area (Å²) in [5.74, 6) is -0.467. The highest BCUT2D eigenvalue weighted by atomic mass is 16.5. The molecule has 5 nitrogen and oxygen atoms in total. The molecule has 0 atom stereocenters. The largest absolute Gasteiger partial charge is 0.465 e. The second-order valence-corrected chi connectivity index (χ2v) is 4.90. The smallest absolute Gasteiger partial charge is 0.340 e. The van der Waals surface area contributed by atoms with E-state index in [2.05, 4.69) is 4.74 Å². The van der Waals surface area contributed by atoms with Crippen LogP contribution in [0.2, 0.25) is 0 Å². The number of hydrogen-bond donors (Lipinski definition) is 2. The number of hydrogen-bond acceptors (Lipinski definition) is 5. The summed E-state index contributed by atoms with van der Waals surface area (Å²) in [5.41, 5.74) is 6.49. The van der Waals surface area contributed by atoms with E-state index in [1.54, 1.807) is 32.0 Å². The summed E-state index contributed by atoms with van der Waals surface area (Å²) in [6.07, 6.45) is 0. The lowest BCUT2D eigenvalue weighted by molar-refractivity contribution is 0.0602. The Morgan fingerprint density at radius 2 is 2.11 bits per heavy atom. The third kappa shape index (κ3) is 3.37. The van der Waals surface area contributed by atoms with Gasteiger partial charge in [-0.3, -0.25) is 0 Å². The van der Waals surface area contributed by atoms with Gasteiger partial charge >= 0.3 is 5.97 Å². The molecule has 0 heterocycles. The molecule has 1 aromatic carbocycles. The van der Waals surface area contributed by atoms with Crippen molar-refractivity contribution in [3.05, 3.63) is 23.8 Å². The van der Waals surface area contributed by atoms with E-state index < -0.39 is 11.6 Å². The predicted octanol–water partition coefficient (Wildman–Crippen LogP) is 1.26. The number of para-hydroxylation sites is 1. The van der Waals surface area contributed by atoms with Crippen LogP contribution in [-0.2, 0) is 4.74 Å². The first kappa shape index (κ1) is 14.3. The summed E-state index contributed by atoms with van der Waals surface area (Å²) in [4.78, 5) is 13.3. The Morgan fingerprint density at radius 1 is 1.50 bits per heavy atom. The van der Waals surface area contributed by atoms with Gasteiger partial charge in [0.1, 0.15) is 0 Å². The highest BCUT2D eigenvalue weighted by molar-refractivity contribution is 5.98. The summed E-state index contributed by atoms with van der Waals surface area (Å²) in [6.45, 7) is 3.83. The van der Waals surface area contributed by atoms with E-state index in [0.717, 1.165) is 0 Å². The van der Waals surface area contributed by atoms with Gasteiger partial charge in [-0.1, -0.05) is 6.07 Å². The van der Waals surface area contributed by atoms with E-state index in [4.69, 9.17) is 5.73 Å². The Balaban J connectivity index is 3.07. The minimum atomic E-state index is -0.845. The number of nitrogens with zero attached hydrogens (tertiary/aromatic N) is 1. The fourth-order valence-electron chi connectivity index (χ4n) is 1.84. The summed E-state index contributed by atoms with van der Waals surface area (Å²) in [6, 6.07) is 5.15. The van der Waals surface area contributed by atoms with E-state index in [0.29, 0.717) is 23.5 Å². The molecule has 0 bridgehead atoms. The van der Waals surface area contributed by atoms with Crippen molar-refractivity contribution in [1.29, 1.82) is 0 Å². The SMILES string of the molecule is COC(=O)c1cccc(N(C)CC(C)(C)O)c1N. The average molecular weight is 252 g/mol. The fourth-order valence-corrected chi connectivity index (χ4v) is 1.84. The Labute approximate surface area is 107 Å². The lowest BCUT2D eigenvalue weighted by Gasteiger charge is -2.28. The van der Waals surface area contributed by atoms with Gasteiger partial charge in [-0.2, -0.15) is 0 Å². The topological polar surface area (TPSA) is 75.8 Å². The molecule has 100 valence electrons. The van der Waals surface area contributed by atoms with E-state index in [9.17, 15) is 9.90 Å². The number of rotatable bonds is 4. The number of carbonyl (C=O) groups is 1. The van der Waals surface area contributed by atoms with Crippen LogP contribution < -0.4 is 10.6 Å². The fraction of sp³-hybridized carbons (Fsp3) is 0.462. The Morgan fingerprint density at radius 3 is 2.61 bits per heavy atom. The van der Waals surface area contributed by atoms with Crippen LogP contribution in [0.4, 0.5) is 11.4 Å². The number of anilines is 2. The van der Waals surface area contributed by atoms with Crippen molar-refractivity contribution in [2.45, 2.75) is 19.4 Å². The molecule has 0 saturated heterocycles. The summed E-state index contributed by atoms with van der Waals surface area (Å²) in [7, 11) is 3.12. The Bertz CT molecular complexity index is 438. The van der Waals surface area contributed by atoms with Gasteiger partial charge in [0.05, 0.1) is 29.6 Å². The van der Waals surface area contributed by atoms with Crippen LogP contribution in [-0.4, -0.2) is 37.4 Å². The molecule has 0 aliphatic carbocycles. The van der Waals surface area contributed by atoms with Crippen LogP contribution >= 0.6 is 0 Å². The van der Waals surface area contributed by atoms with Gasteiger partial charge in [0, 0.05) is 13.6 Å². The van der Waals surface area contributed by atoms with Crippen LogP contribution in [0.5, 0.6) is 0 Å². The molecule has 0 unspecified atom stereocenters. The van der Waals surface area contributed by atoms with Crippen LogP contribution in [0, 0.1) is 0 Å². The number of methoxy groups -OCH3 is 1. The number of nitrogen functional groups attached to an aromatic ring is 1. The van der Waals surface area contributed by atoms with Crippen LogP contribution in [0.15, 0.2) is 18.2 Å². The standard InChI is InChI=1S/C13H20N2O3/c1-13(2,17)8-15(3)10-7-5-6-9(11(10)14)12(16)18-4/h5-7,17H,8,14H2,1-4H3. The molecule has 5 heteroatoms. The number of aliphatic hydroxyl groups is 1. The molecule has 3 N–H and O–H groups in total. The number of esters is 1. The van der Waals surface area contributed by atoms with E-state index in [1.165, 1.54) is 7.11 Å². The van der Waals surface area contributed by atoms with Crippen molar-refractivity contribution in [2.24, 2.45) is 0 Å². The van der Waals surface area contributed by atoms with Crippen LogP contribution in [0.25, 0.3) is 0 Å². The molecule has 0 aliphatic rings. The monoisotopic (exact) mass is 252 g/mol. The first-order valence-corrected chi connectivity index (χ1v) is 5.66. The normalized spacial score (nSPS) is 11.2. The highest BCUT2D eigenvalue weighted by Gasteiger charge is 2.19. The maximum atomic E-state index is 11.5. The van der Waals surface area contributed by atoms with Crippen molar-refractivity contribution in [3.63, 3.8) is 0 Å². The third-order valence-corrected chi connectivity index (χ3v) is 2.52. The summed E-state index contributed by atoms with van der Waals surface area (Å²) >= 11 is 0. The first-order valence-electron chi connectivity index (χ1n) is 5.66. The maximum absolute atomic E-state index is 11.5. The zero-order chi connectivity index (χ0) is 13.9. The quantitative estimate of drug-likeness (QED) is 0.623. The van der Waals surface area contributed by atoms with Gasteiger partial charge in [0.25, 0.3) is 0 Å². The van der Waals surface area contributed by atoms with Gasteiger partial charge in [-0.05, 0) is 26.0 Å². The second-order valence-electron chi connectivity index (χ2n) is 4.90. The number of ether oxygens (including phenoxy) is 1. The molecule has 0 saturated carbocycles. The minimum Gasteiger partial charge on any atom is -0.465 e. The summed E-state index contributed by atoms with van der Waals surface area (Å²) in [5, 5.41) is 9.79. The lowest BCUT2D eigenvalue weighted by Crippen LogP contribution is -2.36. The Kier molecular flexibility index (Phi) is 4.19. The summed E-state index contributed by atoms with van der Waals surface area (Å²) < 4.78 is 4.67. The molecule has 1 aromatic rings. The minimum absolute atomic E-state index is 0.331. The number of nitrogens with two attached hydrogens (primary N) is 1. The van der Waals surface area contributed by atoms with Crippen molar-refractivity contribution in [3.8, 4) is 0 Å². The zero-order valence-corrected chi connectivity index (χ0v) is 11.2. The van der Waals surface area contributed by atoms with Crippen molar-refractivity contribution < 1.29 is 14.6 Å². The zero-order valence-electron chi connectivity index (χ0n) is 11.2. The van der Waals surface area contributed by atoms with E-state index in [-0.39, 0.29) is 0 Å². The second kappa shape index (κ2) is 5.27. The average Bonchev–Trinajstić information content (AvgIpc) is 2.26. The van der Waals surface area contributed by atoms with Crippen molar-refractivity contribution >= 4 is 17.3 Å². The van der Waals surface area contributed by atoms with Gasteiger partial charge in [-0.25, -0.2) is 4.79 Å². The molecule has 0 fully saturated rings. The lowest BCUT2D eigenvalue weighted by atomic mass is 10.1. The molecule has 0 aliphatic heterocycles. The first-order chi connectivity index (χ1) is 8.26. The van der Waals surface area contributed by atoms with E-state index in [1.807, 2.05) is 11.9 Å². The van der Waals surface area contributed by atoms with Crippen LogP contribution in [0.1, 0.15) is 24.2 Å². The number of carbonyl (C=O) groups excluding carboxylic acids is 1. The molecule has 1 rings (SSSR count). The third-order valence-electron chi connectivity index (χ3n) is 2.52. The van der Waals surface area contributed by atoms with Crippen molar-refractivity contribution in [1.82, 2.24) is 0 Å². The van der Waals surface area contributed by atoms with Gasteiger partial charge in [-0.15, -0.1) is 0 Å². The molecular weight excluding hydrogens is 232 g/mol. The Hall–Kier alpha value is -1.75. The van der Waals surface area contributed by atoms with Gasteiger partial charge in [0.15, 0.2) is 0 Å². The molecule has 18 heavy (non-hydrogen) atoms. The van der Waals surface area contributed by atoms with Gasteiger partial charge < -0.3 is 20.5 Å². The highest BCUT2D eigenvalue weighted by Crippen LogP contribution is 2.27. The number of benzene rings is 1.